The van der Waals surface area contributed by atoms with Crippen LogP contribution in [0.2, 0.25) is 0 Å². The standard InChI is InChI=1S/C14H14N2O3S/c1-9-15-12(8-20-9)14(19)16-11(7-13(17)18)10-5-3-2-4-6-10/h2-6,8,11H,7H2,1H3,(H,16,19)(H,17,18). The first kappa shape index (κ1) is 14.2. The maximum atomic E-state index is 12.1. The highest BCUT2D eigenvalue weighted by Gasteiger charge is 2.19. The van der Waals surface area contributed by atoms with Gasteiger partial charge in [-0.3, -0.25) is 9.59 Å². The fourth-order valence-electron chi connectivity index (χ4n) is 1.81. The number of thiazole rings is 1. The predicted octanol–water partition coefficient (Wildman–Crippen LogP) is 2.40. The number of benzene rings is 1. The van der Waals surface area contributed by atoms with E-state index in [0.717, 1.165) is 10.6 Å². The van der Waals surface area contributed by atoms with Crippen molar-refractivity contribution in [3.8, 4) is 0 Å². The number of aromatic nitrogens is 1. The molecule has 6 heteroatoms. The van der Waals surface area contributed by atoms with E-state index >= 15 is 0 Å². The van der Waals surface area contributed by atoms with Crippen LogP contribution in [0.5, 0.6) is 0 Å². The second-order valence-electron chi connectivity index (χ2n) is 4.29. The van der Waals surface area contributed by atoms with Crippen LogP contribution in [0.15, 0.2) is 35.7 Å². The van der Waals surface area contributed by atoms with Crippen molar-refractivity contribution < 1.29 is 14.7 Å². The van der Waals surface area contributed by atoms with Crippen molar-refractivity contribution in [1.29, 1.82) is 0 Å². The van der Waals surface area contributed by atoms with Crippen LogP contribution >= 0.6 is 11.3 Å². The molecular formula is C14H14N2O3S. The number of nitrogens with one attached hydrogen (secondary N) is 1. The molecule has 1 unspecified atom stereocenters. The van der Waals surface area contributed by atoms with Gasteiger partial charge in [0.15, 0.2) is 0 Å². The van der Waals surface area contributed by atoms with Gasteiger partial charge in [-0.05, 0) is 12.5 Å². The molecule has 1 aromatic carbocycles. The number of nitrogens with zero attached hydrogens (tertiary/aromatic N) is 1. The van der Waals surface area contributed by atoms with Gasteiger partial charge >= 0.3 is 5.97 Å². The second-order valence-corrected chi connectivity index (χ2v) is 5.35. The Morgan fingerprint density at radius 2 is 2.05 bits per heavy atom. The van der Waals surface area contributed by atoms with E-state index in [0.29, 0.717) is 5.69 Å². The van der Waals surface area contributed by atoms with Gasteiger partial charge in [-0.15, -0.1) is 11.3 Å². The van der Waals surface area contributed by atoms with Gasteiger partial charge in [0.2, 0.25) is 0 Å². The molecule has 0 fully saturated rings. The molecule has 104 valence electrons. The van der Waals surface area contributed by atoms with Crippen LogP contribution in [0.25, 0.3) is 0 Å². The van der Waals surface area contributed by atoms with Crippen molar-refractivity contribution >= 4 is 23.2 Å². The lowest BCUT2D eigenvalue weighted by molar-refractivity contribution is -0.137. The third-order valence-electron chi connectivity index (χ3n) is 2.74. The van der Waals surface area contributed by atoms with E-state index in [1.54, 1.807) is 17.5 Å². The predicted molar refractivity (Wildman–Crippen MR) is 75.8 cm³/mol. The molecule has 1 heterocycles. The molecule has 0 saturated carbocycles. The lowest BCUT2D eigenvalue weighted by Crippen LogP contribution is -2.30. The Bertz CT molecular complexity index is 610. The Balaban J connectivity index is 2.16. The highest BCUT2D eigenvalue weighted by Crippen LogP contribution is 2.18. The van der Waals surface area contributed by atoms with E-state index in [1.165, 1.54) is 11.3 Å². The molecule has 2 N–H and O–H groups in total. The molecule has 0 aliphatic carbocycles. The van der Waals surface area contributed by atoms with E-state index in [-0.39, 0.29) is 12.3 Å². The lowest BCUT2D eigenvalue weighted by Gasteiger charge is -2.16. The smallest absolute Gasteiger partial charge is 0.305 e. The third-order valence-corrected chi connectivity index (χ3v) is 3.51. The zero-order valence-corrected chi connectivity index (χ0v) is 11.7. The number of rotatable bonds is 5. The fourth-order valence-corrected chi connectivity index (χ4v) is 2.41. The normalized spacial score (nSPS) is 11.8. The summed E-state index contributed by atoms with van der Waals surface area (Å²) in [5.41, 5.74) is 1.08. The number of carboxylic acids is 1. The number of aliphatic carboxylic acids is 1. The second kappa shape index (κ2) is 6.29. The van der Waals surface area contributed by atoms with Gasteiger partial charge in [0.25, 0.3) is 5.91 Å². The minimum Gasteiger partial charge on any atom is -0.481 e. The summed E-state index contributed by atoms with van der Waals surface area (Å²) in [6, 6.07) is 8.48. The Kier molecular flexibility index (Phi) is 4.47. The summed E-state index contributed by atoms with van der Waals surface area (Å²) in [4.78, 5) is 27.1. The number of hydrogen-bond donors (Lipinski definition) is 2. The summed E-state index contributed by atoms with van der Waals surface area (Å²) in [7, 11) is 0. The molecule has 0 aliphatic heterocycles. The summed E-state index contributed by atoms with van der Waals surface area (Å²) >= 11 is 1.38. The Labute approximate surface area is 120 Å². The van der Waals surface area contributed by atoms with Crippen molar-refractivity contribution in [3.05, 3.63) is 52.0 Å². The molecule has 1 atom stereocenters. The minimum absolute atomic E-state index is 0.168. The molecule has 2 aromatic rings. The number of carboxylic acid groups (broad SMARTS) is 1. The van der Waals surface area contributed by atoms with Gasteiger partial charge in [0.05, 0.1) is 17.5 Å². The van der Waals surface area contributed by atoms with Crippen molar-refractivity contribution in [1.82, 2.24) is 10.3 Å². The zero-order chi connectivity index (χ0) is 14.5. The van der Waals surface area contributed by atoms with Crippen molar-refractivity contribution in [2.45, 2.75) is 19.4 Å². The van der Waals surface area contributed by atoms with Gasteiger partial charge in [-0.2, -0.15) is 0 Å². The van der Waals surface area contributed by atoms with Crippen molar-refractivity contribution in [3.63, 3.8) is 0 Å². The molecule has 0 radical (unpaired) electrons. The van der Waals surface area contributed by atoms with Gasteiger partial charge in [0.1, 0.15) is 5.69 Å². The molecular weight excluding hydrogens is 276 g/mol. The number of amides is 1. The van der Waals surface area contributed by atoms with Crippen LogP contribution < -0.4 is 5.32 Å². The molecule has 0 aliphatic rings. The average molecular weight is 290 g/mol. The van der Waals surface area contributed by atoms with Crippen LogP contribution in [0, 0.1) is 6.92 Å². The van der Waals surface area contributed by atoms with E-state index in [4.69, 9.17) is 5.11 Å². The summed E-state index contributed by atoms with van der Waals surface area (Å²) in [6.07, 6.45) is -0.168. The highest BCUT2D eigenvalue weighted by molar-refractivity contribution is 7.09. The number of hydrogen-bond acceptors (Lipinski definition) is 4. The summed E-state index contributed by atoms with van der Waals surface area (Å²) in [5.74, 6) is -1.32. The van der Waals surface area contributed by atoms with E-state index in [1.807, 2.05) is 25.1 Å². The number of carbonyl (C=O) groups excluding carboxylic acids is 1. The monoisotopic (exact) mass is 290 g/mol. The van der Waals surface area contributed by atoms with Crippen LogP contribution in [0.3, 0.4) is 0 Å². The van der Waals surface area contributed by atoms with E-state index in [2.05, 4.69) is 10.3 Å². The van der Waals surface area contributed by atoms with Crippen molar-refractivity contribution in [2.24, 2.45) is 0 Å². The maximum Gasteiger partial charge on any atom is 0.305 e. The van der Waals surface area contributed by atoms with Crippen LogP contribution in [-0.2, 0) is 4.79 Å². The quantitative estimate of drug-likeness (QED) is 0.886. The molecule has 0 bridgehead atoms. The third kappa shape index (κ3) is 3.64. The average Bonchev–Trinajstić information content (AvgIpc) is 2.85. The highest BCUT2D eigenvalue weighted by atomic mass is 32.1. The van der Waals surface area contributed by atoms with Gasteiger partial charge in [-0.1, -0.05) is 30.3 Å². The van der Waals surface area contributed by atoms with E-state index in [9.17, 15) is 9.59 Å². The Morgan fingerprint density at radius 1 is 1.35 bits per heavy atom. The van der Waals surface area contributed by atoms with Crippen molar-refractivity contribution in [2.75, 3.05) is 0 Å². The van der Waals surface area contributed by atoms with Crippen LogP contribution in [-0.4, -0.2) is 22.0 Å². The molecule has 0 saturated heterocycles. The van der Waals surface area contributed by atoms with Gasteiger partial charge < -0.3 is 10.4 Å². The Morgan fingerprint density at radius 3 is 2.60 bits per heavy atom. The van der Waals surface area contributed by atoms with Crippen LogP contribution in [0.4, 0.5) is 0 Å². The number of aryl methyl sites for hydroxylation is 1. The summed E-state index contributed by atoms with van der Waals surface area (Å²) in [6.45, 7) is 1.81. The Hall–Kier alpha value is -2.21. The molecule has 5 nitrogen and oxygen atoms in total. The maximum absolute atomic E-state index is 12.1. The lowest BCUT2D eigenvalue weighted by atomic mass is 10.0. The molecule has 1 aromatic heterocycles. The summed E-state index contributed by atoms with van der Waals surface area (Å²) < 4.78 is 0. The SMILES string of the molecule is Cc1nc(C(=O)NC(CC(=O)O)c2ccccc2)cs1. The minimum atomic E-state index is -0.964. The molecule has 0 spiro atoms. The topological polar surface area (TPSA) is 79.3 Å². The first-order valence-electron chi connectivity index (χ1n) is 6.06. The molecule has 2 rings (SSSR count). The number of carbonyl (C=O) groups is 2. The summed E-state index contributed by atoms with van der Waals surface area (Å²) in [5, 5.41) is 14.1. The largest absolute Gasteiger partial charge is 0.481 e. The first-order chi connectivity index (χ1) is 9.56. The van der Waals surface area contributed by atoms with Crippen LogP contribution in [0.1, 0.15) is 33.5 Å². The zero-order valence-electron chi connectivity index (χ0n) is 10.9. The molecule has 1 amide bonds. The first-order valence-corrected chi connectivity index (χ1v) is 6.94. The van der Waals surface area contributed by atoms with Gasteiger partial charge in [0, 0.05) is 5.38 Å². The van der Waals surface area contributed by atoms with Gasteiger partial charge in [-0.25, -0.2) is 4.98 Å². The molecule has 20 heavy (non-hydrogen) atoms. The van der Waals surface area contributed by atoms with E-state index < -0.39 is 12.0 Å². The fraction of sp³-hybridized carbons (Fsp3) is 0.214.